The second-order valence-electron chi connectivity index (χ2n) is 10.7. The third-order valence-electron chi connectivity index (χ3n) is 7.42. The number of carbonyl (C=O) groups excluding carboxylic acids is 2. The highest BCUT2D eigenvalue weighted by Gasteiger charge is 2.34. The Hall–Kier alpha value is -2.78. The molecule has 0 spiro atoms. The molecular weight excluding hydrogens is 617 g/mol. The lowest BCUT2D eigenvalue weighted by molar-refractivity contribution is -0.140. The number of aryl methyl sites for hydroxylation is 1. The lowest BCUT2D eigenvalue weighted by Crippen LogP contribution is -2.54. The molecule has 0 saturated heterocycles. The molecule has 0 aliphatic heterocycles. The molecule has 0 aromatic heterocycles. The summed E-state index contributed by atoms with van der Waals surface area (Å²) < 4.78 is 27.1. The molecule has 0 heterocycles. The van der Waals surface area contributed by atoms with Crippen molar-refractivity contribution in [2.75, 3.05) is 17.1 Å². The number of nitrogens with zero attached hydrogens (tertiary/aromatic N) is 2. The smallest absolute Gasteiger partial charge is 0.244 e. The number of anilines is 1. The minimum atomic E-state index is -3.89. The van der Waals surface area contributed by atoms with Crippen LogP contribution in [0, 0.1) is 6.92 Å². The summed E-state index contributed by atoms with van der Waals surface area (Å²) >= 11 is 18.6. The van der Waals surface area contributed by atoms with Gasteiger partial charge in [-0.3, -0.25) is 13.9 Å². The molecule has 0 bridgehead atoms. The molecule has 42 heavy (non-hydrogen) atoms. The Bertz CT molecular complexity index is 1530. The summed E-state index contributed by atoms with van der Waals surface area (Å²) in [7, 11) is -3.89. The molecule has 11 heteroatoms. The standard InChI is InChI=1S/C31H34Cl3N3O4S/c1-21-16-24(32)13-15-28(21)37(42(2,40)41)20-30(38)36(19-23-12-14-26(33)27(34)17-23)29(18-22-8-4-3-5-9-22)31(39)35-25-10-6-7-11-25/h3-5,8-9,12-17,25,29H,6-7,10-11,18-20H2,1-2H3,(H,35,39)/t29-/m1/s1. The minimum absolute atomic E-state index is 0.0164. The Balaban J connectivity index is 1.75. The van der Waals surface area contributed by atoms with E-state index in [4.69, 9.17) is 34.8 Å². The summed E-state index contributed by atoms with van der Waals surface area (Å²) in [5.74, 6) is -0.823. The largest absolute Gasteiger partial charge is 0.352 e. The van der Waals surface area contributed by atoms with Gasteiger partial charge in [-0.15, -0.1) is 0 Å². The van der Waals surface area contributed by atoms with Gasteiger partial charge in [-0.1, -0.05) is 84.0 Å². The first-order chi connectivity index (χ1) is 19.9. The number of nitrogens with one attached hydrogen (secondary N) is 1. The van der Waals surface area contributed by atoms with Gasteiger partial charge in [0.05, 0.1) is 22.0 Å². The summed E-state index contributed by atoms with van der Waals surface area (Å²) in [5, 5.41) is 4.26. The molecule has 224 valence electrons. The zero-order valence-corrected chi connectivity index (χ0v) is 26.6. The Kier molecular flexibility index (Phi) is 10.8. The van der Waals surface area contributed by atoms with Crippen LogP contribution in [0.25, 0.3) is 0 Å². The third-order valence-corrected chi connectivity index (χ3v) is 9.52. The van der Waals surface area contributed by atoms with Crippen molar-refractivity contribution in [1.82, 2.24) is 10.2 Å². The molecule has 1 aliphatic carbocycles. The van der Waals surface area contributed by atoms with Crippen LogP contribution in [-0.2, 0) is 32.6 Å². The number of carbonyl (C=O) groups is 2. The number of halogens is 3. The van der Waals surface area contributed by atoms with Crippen molar-refractivity contribution in [2.45, 2.75) is 57.7 Å². The molecule has 7 nitrogen and oxygen atoms in total. The van der Waals surface area contributed by atoms with Gasteiger partial charge in [0.2, 0.25) is 21.8 Å². The van der Waals surface area contributed by atoms with E-state index in [9.17, 15) is 18.0 Å². The van der Waals surface area contributed by atoms with Crippen molar-refractivity contribution in [3.05, 3.63) is 98.5 Å². The summed E-state index contributed by atoms with van der Waals surface area (Å²) in [4.78, 5) is 29.6. The monoisotopic (exact) mass is 649 g/mol. The van der Waals surface area contributed by atoms with Crippen LogP contribution in [0.3, 0.4) is 0 Å². The van der Waals surface area contributed by atoms with Crippen LogP contribution in [0.15, 0.2) is 66.7 Å². The van der Waals surface area contributed by atoms with Crippen molar-refractivity contribution in [2.24, 2.45) is 0 Å². The quantitative estimate of drug-likeness (QED) is 0.260. The van der Waals surface area contributed by atoms with Crippen molar-refractivity contribution in [1.29, 1.82) is 0 Å². The maximum Gasteiger partial charge on any atom is 0.244 e. The van der Waals surface area contributed by atoms with Gasteiger partial charge in [0.15, 0.2) is 0 Å². The average molecular weight is 651 g/mol. The molecule has 0 unspecified atom stereocenters. The molecule has 1 fully saturated rings. The predicted octanol–water partition coefficient (Wildman–Crippen LogP) is 6.42. The minimum Gasteiger partial charge on any atom is -0.352 e. The maximum atomic E-state index is 14.2. The number of hydrogen-bond donors (Lipinski definition) is 1. The van der Waals surface area contributed by atoms with Gasteiger partial charge in [0.25, 0.3) is 0 Å². The van der Waals surface area contributed by atoms with Gasteiger partial charge < -0.3 is 10.2 Å². The first-order valence-corrected chi connectivity index (χ1v) is 16.7. The Morgan fingerprint density at radius 1 is 0.929 bits per heavy atom. The molecule has 1 N–H and O–H groups in total. The maximum absolute atomic E-state index is 14.2. The molecule has 3 aromatic carbocycles. The molecular formula is C31H34Cl3N3O4S. The van der Waals surface area contributed by atoms with Gasteiger partial charge in [0, 0.05) is 24.0 Å². The summed E-state index contributed by atoms with van der Waals surface area (Å²) in [5.41, 5.74) is 2.44. The fourth-order valence-corrected chi connectivity index (χ4v) is 6.70. The van der Waals surface area contributed by atoms with Crippen LogP contribution in [0.1, 0.15) is 42.4 Å². The highest BCUT2D eigenvalue weighted by Crippen LogP contribution is 2.28. The highest BCUT2D eigenvalue weighted by molar-refractivity contribution is 7.92. The second-order valence-corrected chi connectivity index (χ2v) is 13.8. The van der Waals surface area contributed by atoms with E-state index in [1.165, 1.54) is 4.90 Å². The normalized spacial score (nSPS) is 14.4. The molecule has 3 aromatic rings. The highest BCUT2D eigenvalue weighted by atomic mass is 35.5. The van der Waals surface area contributed by atoms with E-state index in [2.05, 4.69) is 5.32 Å². The summed E-state index contributed by atoms with van der Waals surface area (Å²) in [6.45, 7) is 1.23. The zero-order chi connectivity index (χ0) is 30.4. The van der Waals surface area contributed by atoms with Gasteiger partial charge in [-0.05, 0) is 66.8 Å². The van der Waals surface area contributed by atoms with Gasteiger partial charge in [-0.2, -0.15) is 0 Å². The molecule has 1 atom stereocenters. The Labute approximate surface area is 262 Å². The Morgan fingerprint density at radius 3 is 2.24 bits per heavy atom. The molecule has 1 saturated carbocycles. The number of sulfonamides is 1. The summed E-state index contributed by atoms with van der Waals surface area (Å²) in [6.07, 6.45) is 5.11. The van der Waals surface area contributed by atoms with E-state index in [-0.39, 0.29) is 24.9 Å². The van der Waals surface area contributed by atoms with Gasteiger partial charge in [-0.25, -0.2) is 8.42 Å². The lowest BCUT2D eigenvalue weighted by Gasteiger charge is -2.34. The van der Waals surface area contributed by atoms with Crippen LogP contribution < -0.4 is 9.62 Å². The van der Waals surface area contributed by atoms with E-state index >= 15 is 0 Å². The van der Waals surface area contributed by atoms with E-state index in [0.717, 1.165) is 41.8 Å². The van der Waals surface area contributed by atoms with Crippen LogP contribution in [0.4, 0.5) is 5.69 Å². The van der Waals surface area contributed by atoms with Crippen LogP contribution in [0.2, 0.25) is 15.1 Å². The summed E-state index contributed by atoms with van der Waals surface area (Å²) in [6, 6.07) is 18.4. The van der Waals surface area contributed by atoms with Crippen LogP contribution in [-0.4, -0.2) is 50.0 Å². The van der Waals surface area contributed by atoms with Crippen LogP contribution in [0.5, 0.6) is 0 Å². The Morgan fingerprint density at radius 2 is 1.62 bits per heavy atom. The topological polar surface area (TPSA) is 86.8 Å². The third kappa shape index (κ3) is 8.40. The molecule has 1 aliphatic rings. The van der Waals surface area contributed by atoms with E-state index in [0.29, 0.717) is 31.9 Å². The molecule has 4 rings (SSSR count). The van der Waals surface area contributed by atoms with E-state index < -0.39 is 28.5 Å². The second kappa shape index (κ2) is 14.1. The number of rotatable bonds is 11. The fraction of sp³-hybridized carbons (Fsp3) is 0.355. The fourth-order valence-electron chi connectivity index (χ4n) is 5.25. The van der Waals surface area contributed by atoms with Crippen LogP contribution >= 0.6 is 34.8 Å². The lowest BCUT2D eigenvalue weighted by atomic mass is 10.0. The van der Waals surface area contributed by atoms with E-state index in [1.807, 2.05) is 30.3 Å². The number of benzene rings is 3. The van der Waals surface area contributed by atoms with Crippen molar-refractivity contribution >= 4 is 62.3 Å². The van der Waals surface area contributed by atoms with Crippen molar-refractivity contribution < 1.29 is 18.0 Å². The van der Waals surface area contributed by atoms with Crippen molar-refractivity contribution in [3.8, 4) is 0 Å². The number of amides is 2. The predicted molar refractivity (Wildman–Crippen MR) is 170 cm³/mol. The first kappa shape index (κ1) is 32.1. The SMILES string of the molecule is Cc1cc(Cl)ccc1N(CC(=O)N(Cc1ccc(Cl)c(Cl)c1)[C@H](Cc1ccccc1)C(=O)NC1CCCC1)S(C)(=O)=O. The number of hydrogen-bond acceptors (Lipinski definition) is 4. The molecule has 2 amide bonds. The van der Waals surface area contributed by atoms with E-state index in [1.54, 1.807) is 43.3 Å². The molecule has 0 radical (unpaired) electrons. The first-order valence-electron chi connectivity index (χ1n) is 13.7. The van der Waals surface area contributed by atoms with Crippen molar-refractivity contribution in [3.63, 3.8) is 0 Å². The van der Waals surface area contributed by atoms with Gasteiger partial charge in [0.1, 0.15) is 12.6 Å². The zero-order valence-electron chi connectivity index (χ0n) is 23.5. The van der Waals surface area contributed by atoms with Gasteiger partial charge >= 0.3 is 0 Å². The average Bonchev–Trinajstić information content (AvgIpc) is 3.44.